The maximum atomic E-state index is 3.25. The van der Waals surface area contributed by atoms with Crippen molar-refractivity contribution in [3.8, 4) is 0 Å². The van der Waals surface area contributed by atoms with Gasteiger partial charge in [-0.15, -0.1) is 0 Å². The summed E-state index contributed by atoms with van der Waals surface area (Å²) in [5.41, 5.74) is 0. The maximum Gasteiger partial charge on any atom is -0.00519 e. The van der Waals surface area contributed by atoms with E-state index in [0.717, 1.165) is 0 Å². The first-order valence-corrected chi connectivity index (χ1v) is 31.6. The van der Waals surface area contributed by atoms with E-state index >= 15 is 0 Å². The van der Waals surface area contributed by atoms with Crippen molar-refractivity contribution in [1.29, 1.82) is 0 Å². The number of hydrogen-bond donors (Lipinski definition) is 1. The zero-order valence-corrected chi connectivity index (χ0v) is 45.6. The van der Waals surface area contributed by atoms with Gasteiger partial charge in [0.15, 0.2) is 0 Å². The fourth-order valence-electron chi connectivity index (χ4n) is 10.6. The van der Waals surface area contributed by atoms with Crippen molar-refractivity contribution in [3.63, 3.8) is 0 Å². The first-order valence-electron chi connectivity index (χ1n) is 31.6. The summed E-state index contributed by atoms with van der Waals surface area (Å²) in [5, 5.41) is 3.25. The summed E-state index contributed by atoms with van der Waals surface area (Å²) in [6, 6.07) is 0. The van der Waals surface area contributed by atoms with Gasteiger partial charge in [0, 0.05) is 0 Å². The Labute approximate surface area is 409 Å². The van der Waals surface area contributed by atoms with Gasteiger partial charge in [-0.05, 0) is 20.0 Å². The van der Waals surface area contributed by atoms with Crippen LogP contribution in [0, 0.1) is 0 Å². The minimum Gasteiger partial charge on any atom is -0.320 e. The molecular weight excluding hydrogens is 771 g/mol. The predicted octanol–water partition coefficient (Wildman–Crippen LogP) is 23.6. The highest BCUT2D eigenvalue weighted by molar-refractivity contribution is 4.56. The van der Waals surface area contributed by atoms with Crippen LogP contribution in [0.5, 0.6) is 0 Å². The first-order chi connectivity index (χ1) is 31.9. The van der Waals surface area contributed by atoms with Gasteiger partial charge >= 0.3 is 0 Å². The fraction of sp³-hybridized carbons (Fsp3) is 1.00. The van der Waals surface area contributed by atoms with Crippen LogP contribution in [0.3, 0.4) is 0 Å². The van der Waals surface area contributed by atoms with Crippen LogP contribution in [-0.2, 0) is 0 Å². The second-order valence-corrected chi connectivity index (χ2v) is 22.0. The van der Waals surface area contributed by atoms with Crippen molar-refractivity contribution in [2.45, 2.75) is 392 Å². The van der Waals surface area contributed by atoms with E-state index in [-0.39, 0.29) is 0 Å². The molecule has 1 N–H and O–H groups in total. The first kappa shape index (κ1) is 64.0. The third-order valence-corrected chi connectivity index (χ3v) is 15.3. The molecule has 0 amide bonds. The Morgan fingerprint density at radius 1 is 0.141 bits per heavy atom. The average molecular weight is 901 g/mol. The maximum absolute atomic E-state index is 3.25. The molecule has 0 rings (SSSR count). The Kier molecular flexibility index (Phi) is 62.9. The molecule has 0 atom stereocenters. The Bertz CT molecular complexity index is 684. The summed E-state index contributed by atoms with van der Waals surface area (Å²) in [6.45, 7) is 3.51. The monoisotopic (exact) mass is 900 g/mol. The summed E-state index contributed by atoms with van der Waals surface area (Å²) in [7, 11) is 2.06. The van der Waals surface area contributed by atoms with Crippen molar-refractivity contribution in [1.82, 2.24) is 5.32 Å². The number of hydrogen-bond acceptors (Lipinski definition) is 1. The predicted molar refractivity (Wildman–Crippen MR) is 297 cm³/mol. The molecule has 0 fully saturated rings. The van der Waals surface area contributed by atoms with Crippen LogP contribution >= 0.6 is 0 Å². The summed E-state index contributed by atoms with van der Waals surface area (Å²) in [4.78, 5) is 0. The molecule has 0 spiro atoms. The summed E-state index contributed by atoms with van der Waals surface area (Å²) in [5.74, 6) is 0. The van der Waals surface area contributed by atoms with Crippen molar-refractivity contribution in [3.05, 3.63) is 0 Å². The number of rotatable bonds is 61. The highest BCUT2D eigenvalue weighted by Gasteiger charge is 2.00. The van der Waals surface area contributed by atoms with Gasteiger partial charge in [0.25, 0.3) is 0 Å². The van der Waals surface area contributed by atoms with Crippen LogP contribution < -0.4 is 5.32 Å². The highest BCUT2D eigenvalue weighted by Crippen LogP contribution is 2.20. The molecule has 0 radical (unpaired) electrons. The molecule has 0 aromatic rings. The Morgan fingerprint density at radius 2 is 0.234 bits per heavy atom. The molecule has 0 heterocycles. The van der Waals surface area contributed by atoms with Gasteiger partial charge in [0.1, 0.15) is 0 Å². The number of unbranched alkanes of at least 4 members (excludes halogenated alkanes) is 59. The van der Waals surface area contributed by atoms with Gasteiger partial charge in [0.2, 0.25) is 0 Å². The molecule has 1 heteroatoms. The summed E-state index contributed by atoms with van der Waals surface area (Å²) < 4.78 is 0. The second-order valence-electron chi connectivity index (χ2n) is 22.0. The van der Waals surface area contributed by atoms with Crippen LogP contribution in [0.25, 0.3) is 0 Å². The van der Waals surface area contributed by atoms with Gasteiger partial charge < -0.3 is 5.32 Å². The van der Waals surface area contributed by atoms with E-state index in [9.17, 15) is 0 Å². The normalized spacial score (nSPS) is 11.7. The Hall–Kier alpha value is -0.0400. The zero-order valence-electron chi connectivity index (χ0n) is 45.6. The molecule has 64 heavy (non-hydrogen) atoms. The Balaban J connectivity index is 3.06. The van der Waals surface area contributed by atoms with Crippen LogP contribution in [0.15, 0.2) is 0 Å². The van der Waals surface area contributed by atoms with E-state index in [0.29, 0.717) is 0 Å². The van der Waals surface area contributed by atoms with E-state index in [1.165, 1.54) is 392 Å². The van der Waals surface area contributed by atoms with Crippen molar-refractivity contribution in [2.75, 3.05) is 13.6 Å². The lowest BCUT2D eigenvalue weighted by molar-refractivity contribution is 0.506. The van der Waals surface area contributed by atoms with Crippen molar-refractivity contribution < 1.29 is 0 Å². The SMILES string of the molecule is CCCCCCCCCCCCCCCCCCCCCCCCCCCCCCCCCCCCCCCCCCCCCCCCCCCCCCCCCCCCCCNC. The summed E-state index contributed by atoms with van der Waals surface area (Å²) >= 11 is 0. The third kappa shape index (κ3) is 62.0. The lowest BCUT2D eigenvalue weighted by Gasteiger charge is -2.05. The lowest BCUT2D eigenvalue weighted by atomic mass is 10.0. The molecule has 0 aliphatic heterocycles. The molecule has 0 aliphatic rings. The minimum absolute atomic E-state index is 1.19. The molecule has 0 aromatic heterocycles. The molecule has 0 saturated carbocycles. The molecular formula is C63H129N. The van der Waals surface area contributed by atoms with Gasteiger partial charge in [-0.3, -0.25) is 0 Å². The van der Waals surface area contributed by atoms with Gasteiger partial charge in [-0.1, -0.05) is 386 Å². The van der Waals surface area contributed by atoms with Crippen molar-refractivity contribution in [2.24, 2.45) is 0 Å². The molecule has 0 aromatic carbocycles. The quantitative estimate of drug-likeness (QED) is 0.0600. The van der Waals surface area contributed by atoms with Gasteiger partial charge in [-0.2, -0.15) is 0 Å². The average Bonchev–Trinajstić information content (AvgIpc) is 3.31. The molecule has 1 nitrogen and oxygen atoms in total. The lowest BCUT2D eigenvalue weighted by Crippen LogP contribution is -2.06. The largest absolute Gasteiger partial charge is 0.320 e. The second kappa shape index (κ2) is 63.0. The molecule has 0 bridgehead atoms. The number of nitrogens with one attached hydrogen (secondary N) is 1. The van der Waals surface area contributed by atoms with Crippen LogP contribution in [0.2, 0.25) is 0 Å². The Morgan fingerprint density at radius 3 is 0.328 bits per heavy atom. The van der Waals surface area contributed by atoms with E-state index in [1.807, 2.05) is 0 Å². The summed E-state index contributed by atoms with van der Waals surface area (Å²) in [6.07, 6.45) is 89.2. The van der Waals surface area contributed by atoms with Crippen LogP contribution in [0.4, 0.5) is 0 Å². The van der Waals surface area contributed by atoms with Crippen LogP contribution in [-0.4, -0.2) is 13.6 Å². The third-order valence-electron chi connectivity index (χ3n) is 15.3. The van der Waals surface area contributed by atoms with Gasteiger partial charge in [0.05, 0.1) is 0 Å². The van der Waals surface area contributed by atoms with E-state index < -0.39 is 0 Å². The highest BCUT2D eigenvalue weighted by atomic mass is 14.8. The molecule has 0 unspecified atom stereocenters. The fourth-order valence-corrected chi connectivity index (χ4v) is 10.6. The zero-order chi connectivity index (χ0) is 45.8. The van der Waals surface area contributed by atoms with Crippen LogP contribution in [0.1, 0.15) is 392 Å². The van der Waals surface area contributed by atoms with E-state index in [1.54, 1.807) is 0 Å². The minimum atomic E-state index is 1.19. The van der Waals surface area contributed by atoms with E-state index in [4.69, 9.17) is 0 Å². The molecule has 0 saturated heterocycles. The van der Waals surface area contributed by atoms with E-state index in [2.05, 4.69) is 19.3 Å². The molecule has 386 valence electrons. The van der Waals surface area contributed by atoms with Crippen molar-refractivity contribution >= 4 is 0 Å². The smallest absolute Gasteiger partial charge is 0.00519 e. The molecule has 0 aliphatic carbocycles. The standard InChI is InChI=1S/C63H129N/c1-3-4-5-6-7-8-9-10-11-12-13-14-15-16-17-18-19-20-21-22-23-24-25-26-27-28-29-30-31-32-33-34-35-36-37-38-39-40-41-42-43-44-45-46-47-48-49-50-51-52-53-54-55-56-57-58-59-60-61-62-63-64-2/h64H,3-63H2,1-2H3. The topological polar surface area (TPSA) is 12.0 Å². The van der Waals surface area contributed by atoms with Gasteiger partial charge in [-0.25, -0.2) is 0 Å².